The van der Waals surface area contributed by atoms with Crippen molar-refractivity contribution in [3.05, 3.63) is 0 Å². The van der Waals surface area contributed by atoms with Crippen molar-refractivity contribution in [3.63, 3.8) is 0 Å². The van der Waals surface area contributed by atoms with E-state index in [1.807, 2.05) is 0 Å². The van der Waals surface area contributed by atoms with Crippen LogP contribution in [-0.2, 0) is 0 Å². The van der Waals surface area contributed by atoms with Gasteiger partial charge in [-0.1, -0.05) is 0 Å². The van der Waals surface area contributed by atoms with Gasteiger partial charge in [0.15, 0.2) is 0 Å². The molecule has 0 bridgehead atoms. The number of nitriles is 1. The first-order valence-corrected chi connectivity index (χ1v) is 3.71. The van der Waals surface area contributed by atoms with Gasteiger partial charge in [0, 0.05) is 19.1 Å². The predicted octanol–water partition coefficient (Wildman–Crippen LogP) is 0.499. The molecular weight excluding hydrogens is 126 g/mol. The molecule has 0 radical (unpaired) electrons. The lowest BCUT2D eigenvalue weighted by atomic mass is 10.2. The fourth-order valence-corrected chi connectivity index (χ4v) is 1.17. The Morgan fingerprint density at radius 3 is 3.10 bits per heavy atom. The molecule has 1 aliphatic heterocycles. The van der Waals surface area contributed by atoms with Crippen molar-refractivity contribution in [1.29, 1.82) is 5.26 Å². The van der Waals surface area contributed by atoms with Gasteiger partial charge in [0.2, 0.25) is 0 Å². The van der Waals surface area contributed by atoms with Gasteiger partial charge in [0.1, 0.15) is 0 Å². The van der Waals surface area contributed by atoms with E-state index in [0.29, 0.717) is 12.5 Å². The van der Waals surface area contributed by atoms with Gasteiger partial charge in [-0.2, -0.15) is 5.26 Å². The van der Waals surface area contributed by atoms with E-state index in [1.165, 1.54) is 6.42 Å². The number of hydrogen-bond acceptors (Lipinski definition) is 3. The summed E-state index contributed by atoms with van der Waals surface area (Å²) in [5.41, 5.74) is 3.22. The zero-order valence-electron chi connectivity index (χ0n) is 6.30. The highest BCUT2D eigenvalue weighted by Gasteiger charge is 2.16. The lowest BCUT2D eigenvalue weighted by Crippen LogP contribution is -2.38. The molecule has 1 atom stereocenters. The van der Waals surface area contributed by atoms with Crippen molar-refractivity contribution in [2.24, 2.45) is 0 Å². The Morgan fingerprint density at radius 1 is 1.80 bits per heavy atom. The van der Waals surface area contributed by atoms with E-state index in [4.69, 9.17) is 5.26 Å². The molecule has 1 heterocycles. The number of nitrogens with one attached hydrogen (secondary N) is 1. The third-order valence-corrected chi connectivity index (χ3v) is 1.81. The van der Waals surface area contributed by atoms with E-state index in [9.17, 15) is 0 Å². The maximum absolute atomic E-state index is 8.39. The monoisotopic (exact) mass is 139 g/mol. The molecule has 1 N–H and O–H groups in total. The highest BCUT2D eigenvalue weighted by molar-refractivity contribution is 4.79. The van der Waals surface area contributed by atoms with Gasteiger partial charge in [-0.25, -0.2) is 5.01 Å². The molecule has 1 saturated heterocycles. The average molecular weight is 139 g/mol. The fourth-order valence-electron chi connectivity index (χ4n) is 1.17. The first kappa shape index (κ1) is 7.52. The van der Waals surface area contributed by atoms with Crippen LogP contribution >= 0.6 is 0 Å². The molecule has 1 fully saturated rings. The maximum atomic E-state index is 8.39. The number of hydrazine groups is 1. The maximum Gasteiger partial charge on any atom is 0.0638 e. The molecule has 0 aromatic rings. The Morgan fingerprint density at radius 2 is 2.60 bits per heavy atom. The minimum Gasteiger partial charge on any atom is -0.255 e. The molecule has 3 heteroatoms. The molecule has 0 aliphatic carbocycles. The summed E-state index contributed by atoms with van der Waals surface area (Å²) >= 11 is 0. The summed E-state index contributed by atoms with van der Waals surface area (Å²) in [5.74, 6) is 0. The summed E-state index contributed by atoms with van der Waals surface area (Å²) in [5, 5.41) is 10.5. The van der Waals surface area contributed by atoms with E-state index in [1.54, 1.807) is 0 Å². The molecule has 56 valence electrons. The minimum atomic E-state index is 0.368. The Kier molecular flexibility index (Phi) is 2.67. The van der Waals surface area contributed by atoms with Gasteiger partial charge in [-0.05, 0) is 13.3 Å². The molecule has 0 amide bonds. The number of nitrogens with zero attached hydrogens (tertiary/aromatic N) is 2. The van der Waals surface area contributed by atoms with E-state index in [2.05, 4.69) is 23.4 Å². The van der Waals surface area contributed by atoms with Crippen LogP contribution in [0.1, 0.15) is 19.8 Å². The zero-order valence-corrected chi connectivity index (χ0v) is 6.30. The Labute approximate surface area is 61.6 Å². The molecule has 0 aromatic heterocycles. The number of rotatable bonds is 2. The van der Waals surface area contributed by atoms with Crippen LogP contribution in [0.4, 0.5) is 0 Å². The quantitative estimate of drug-likeness (QED) is 0.605. The van der Waals surface area contributed by atoms with Gasteiger partial charge in [0.25, 0.3) is 0 Å². The van der Waals surface area contributed by atoms with Crippen LogP contribution in [0.2, 0.25) is 0 Å². The second kappa shape index (κ2) is 3.55. The summed E-state index contributed by atoms with van der Waals surface area (Å²) in [6, 6.07) is 2.53. The predicted molar refractivity (Wildman–Crippen MR) is 39.0 cm³/mol. The molecule has 1 aliphatic rings. The van der Waals surface area contributed by atoms with Crippen molar-refractivity contribution in [1.82, 2.24) is 10.4 Å². The largest absolute Gasteiger partial charge is 0.255 e. The molecule has 3 nitrogen and oxygen atoms in total. The molecule has 1 unspecified atom stereocenters. The molecule has 10 heavy (non-hydrogen) atoms. The Balaban J connectivity index is 2.26. The van der Waals surface area contributed by atoms with Crippen LogP contribution in [0, 0.1) is 11.3 Å². The minimum absolute atomic E-state index is 0.368. The molecule has 1 rings (SSSR count). The van der Waals surface area contributed by atoms with Crippen molar-refractivity contribution in [3.8, 4) is 6.07 Å². The van der Waals surface area contributed by atoms with Gasteiger partial charge in [0.05, 0.1) is 12.5 Å². The average Bonchev–Trinajstić information content (AvgIpc) is 2.38. The van der Waals surface area contributed by atoms with Gasteiger partial charge >= 0.3 is 0 Å². The fraction of sp³-hybridized carbons (Fsp3) is 0.857. The number of hydrogen-bond donors (Lipinski definition) is 1. The third-order valence-electron chi connectivity index (χ3n) is 1.81. The van der Waals surface area contributed by atoms with Crippen molar-refractivity contribution < 1.29 is 0 Å². The van der Waals surface area contributed by atoms with E-state index in [-0.39, 0.29) is 0 Å². The Hall–Kier alpha value is -0.590. The first-order chi connectivity index (χ1) is 4.84. The summed E-state index contributed by atoms with van der Waals surface area (Å²) in [7, 11) is 0. The van der Waals surface area contributed by atoms with Crippen LogP contribution in [0.5, 0.6) is 0 Å². The van der Waals surface area contributed by atoms with E-state index in [0.717, 1.165) is 13.1 Å². The second-order valence-corrected chi connectivity index (χ2v) is 2.67. The van der Waals surface area contributed by atoms with Crippen molar-refractivity contribution >= 4 is 0 Å². The van der Waals surface area contributed by atoms with Gasteiger partial charge < -0.3 is 0 Å². The first-order valence-electron chi connectivity index (χ1n) is 3.71. The van der Waals surface area contributed by atoms with Gasteiger partial charge in [-0.15, -0.1) is 0 Å². The van der Waals surface area contributed by atoms with Crippen LogP contribution < -0.4 is 5.43 Å². The van der Waals surface area contributed by atoms with Crippen molar-refractivity contribution in [2.75, 3.05) is 13.1 Å². The summed E-state index contributed by atoms with van der Waals surface area (Å²) < 4.78 is 0. The van der Waals surface area contributed by atoms with Gasteiger partial charge in [-0.3, -0.25) is 5.43 Å². The normalized spacial score (nSPS) is 22.4. The van der Waals surface area contributed by atoms with Crippen LogP contribution in [0.15, 0.2) is 0 Å². The van der Waals surface area contributed by atoms with E-state index >= 15 is 0 Å². The third kappa shape index (κ3) is 1.69. The van der Waals surface area contributed by atoms with Crippen LogP contribution in [0.3, 0.4) is 0 Å². The summed E-state index contributed by atoms with van der Waals surface area (Å²) in [6.07, 6.45) is 1.82. The second-order valence-electron chi connectivity index (χ2n) is 2.67. The standard InChI is InChI=1S/C7H13N3/c1-7(3-4-8)10-6-2-5-9-10/h7,9H,2-3,5-6H2,1H3. The highest BCUT2D eigenvalue weighted by Crippen LogP contribution is 2.04. The topological polar surface area (TPSA) is 39.1 Å². The lowest BCUT2D eigenvalue weighted by molar-refractivity contribution is 0.190. The molecule has 0 spiro atoms. The van der Waals surface area contributed by atoms with Crippen LogP contribution in [-0.4, -0.2) is 24.1 Å². The molecule has 0 aromatic carbocycles. The Bertz CT molecular complexity index is 132. The summed E-state index contributed by atoms with van der Waals surface area (Å²) in [6.45, 7) is 4.22. The SMILES string of the molecule is CC(CC#N)N1CCCN1. The van der Waals surface area contributed by atoms with Crippen LogP contribution in [0.25, 0.3) is 0 Å². The van der Waals surface area contributed by atoms with E-state index < -0.39 is 0 Å². The smallest absolute Gasteiger partial charge is 0.0638 e. The lowest BCUT2D eigenvalue weighted by Gasteiger charge is -2.20. The zero-order chi connectivity index (χ0) is 7.40. The summed E-state index contributed by atoms with van der Waals surface area (Å²) in [4.78, 5) is 0. The molecule has 0 saturated carbocycles. The molecular formula is C7H13N3. The van der Waals surface area contributed by atoms with Crippen molar-refractivity contribution in [2.45, 2.75) is 25.8 Å². The highest BCUT2D eigenvalue weighted by atomic mass is 15.5.